The molecule has 3 atom stereocenters. The minimum absolute atomic E-state index is 0.0259. The second-order valence-corrected chi connectivity index (χ2v) is 11.8. The van der Waals surface area contributed by atoms with Gasteiger partial charge in [-0.25, -0.2) is 27.8 Å². The normalized spacial score (nSPS) is 20.6. The number of benzene rings is 1. The van der Waals surface area contributed by atoms with Crippen molar-refractivity contribution in [2.24, 2.45) is 0 Å². The molecule has 1 amide bonds. The summed E-state index contributed by atoms with van der Waals surface area (Å²) in [5.74, 6) is -0.797. The molecule has 1 aromatic carbocycles. The van der Waals surface area contributed by atoms with Crippen molar-refractivity contribution in [3.05, 3.63) is 84.2 Å². The van der Waals surface area contributed by atoms with Gasteiger partial charge in [0.1, 0.15) is 41.0 Å². The van der Waals surface area contributed by atoms with Crippen LogP contribution in [-0.4, -0.2) is 67.8 Å². The fraction of sp³-hybridized carbons (Fsp3) is 0.321. The van der Waals surface area contributed by atoms with E-state index >= 15 is 0 Å². The largest absolute Gasteiger partial charge is 0.488 e. The highest BCUT2D eigenvalue weighted by Gasteiger charge is 2.36. The van der Waals surface area contributed by atoms with E-state index in [4.69, 9.17) is 9.47 Å². The first-order chi connectivity index (χ1) is 20.2. The Kier molecular flexibility index (Phi) is 7.41. The third-order valence-corrected chi connectivity index (χ3v) is 8.72. The van der Waals surface area contributed by atoms with Crippen molar-refractivity contribution in [2.45, 2.75) is 31.2 Å². The Bertz CT molecular complexity index is 1710. The van der Waals surface area contributed by atoms with Crippen LogP contribution in [0.3, 0.4) is 0 Å². The number of hydrogen-bond acceptors (Lipinski definition) is 8. The molecule has 2 fully saturated rings. The zero-order valence-electron chi connectivity index (χ0n) is 22.6. The number of anilines is 2. The number of aromatic nitrogens is 3. The molecule has 11 nitrogen and oxygen atoms in total. The second kappa shape index (κ2) is 11.2. The average molecular weight is 599 g/mol. The third kappa shape index (κ3) is 5.46. The van der Waals surface area contributed by atoms with E-state index in [2.05, 4.69) is 9.97 Å². The summed E-state index contributed by atoms with van der Waals surface area (Å²) in [5, 5.41) is 0. The van der Waals surface area contributed by atoms with Gasteiger partial charge in [-0.15, -0.1) is 0 Å². The van der Waals surface area contributed by atoms with Crippen LogP contribution in [0, 0.1) is 5.82 Å². The van der Waals surface area contributed by atoms with Crippen LogP contribution >= 0.6 is 0 Å². The van der Waals surface area contributed by atoms with Gasteiger partial charge in [0.2, 0.25) is 0 Å². The number of amides is 1. The quantitative estimate of drug-likeness (QED) is 0.328. The minimum Gasteiger partial charge on any atom is -0.488 e. The van der Waals surface area contributed by atoms with E-state index in [0.29, 0.717) is 42.3 Å². The maximum Gasteiger partial charge on any atom is 0.327 e. The summed E-state index contributed by atoms with van der Waals surface area (Å²) in [6.45, 7) is 1.02. The molecule has 2 saturated heterocycles. The number of imidazole rings is 1. The summed E-state index contributed by atoms with van der Waals surface area (Å²) in [7, 11) is -3.02. The Morgan fingerprint density at radius 2 is 2.05 bits per heavy atom. The van der Waals surface area contributed by atoms with Crippen LogP contribution in [0.4, 0.5) is 20.3 Å². The van der Waals surface area contributed by atoms with Crippen molar-refractivity contribution in [3.8, 4) is 5.75 Å². The van der Waals surface area contributed by atoms with Crippen LogP contribution in [0.1, 0.15) is 34.9 Å². The van der Waals surface area contributed by atoms with E-state index in [1.54, 1.807) is 41.4 Å². The molecule has 0 aliphatic carbocycles. The Morgan fingerprint density at radius 1 is 1.19 bits per heavy atom. The van der Waals surface area contributed by atoms with E-state index < -0.39 is 34.1 Å². The van der Waals surface area contributed by atoms with Gasteiger partial charge < -0.3 is 14.4 Å². The monoisotopic (exact) mass is 598 g/mol. The predicted octanol–water partition coefficient (Wildman–Crippen LogP) is 3.44. The number of rotatable bonds is 8. The first-order valence-electron chi connectivity index (χ1n) is 13.3. The molecule has 4 aromatic rings. The van der Waals surface area contributed by atoms with Crippen LogP contribution in [0.5, 0.6) is 5.75 Å². The minimum atomic E-state index is -4.29. The highest BCUT2D eigenvalue weighted by Crippen LogP contribution is 2.42. The van der Waals surface area contributed by atoms with Gasteiger partial charge in [0, 0.05) is 44.4 Å². The molecule has 1 N–H and O–H groups in total. The Hall–Kier alpha value is -4.30. The van der Waals surface area contributed by atoms with E-state index in [1.807, 2.05) is 4.72 Å². The molecule has 3 aromatic heterocycles. The first-order valence-corrected chi connectivity index (χ1v) is 14.8. The number of hydrogen-bond donors (Lipinski definition) is 1. The van der Waals surface area contributed by atoms with Gasteiger partial charge in [-0.2, -0.15) is 8.42 Å². The van der Waals surface area contributed by atoms with Gasteiger partial charge in [0.05, 0.1) is 31.1 Å². The third-order valence-electron chi connectivity index (χ3n) is 7.37. The van der Waals surface area contributed by atoms with Crippen molar-refractivity contribution < 1.29 is 31.5 Å². The molecule has 2 aliphatic rings. The topological polar surface area (TPSA) is 118 Å². The number of nitrogens with zero attached hydrogens (tertiary/aromatic N) is 5. The molecule has 42 heavy (non-hydrogen) atoms. The predicted molar refractivity (Wildman–Crippen MR) is 150 cm³/mol. The van der Waals surface area contributed by atoms with Crippen molar-refractivity contribution in [1.82, 2.24) is 19.1 Å². The SMILES string of the molecule is CN(c1ccccn1)S(=O)(=O)NC(=O)c1cnc2ccc(N3C[C@@H](F)C[C@@H]3c3cc(F)ccc3OC3CCOC3)cn12. The summed E-state index contributed by atoms with van der Waals surface area (Å²) >= 11 is 0. The number of alkyl halides is 1. The first kappa shape index (κ1) is 27.8. The molecular weight excluding hydrogens is 570 g/mol. The van der Waals surface area contributed by atoms with Gasteiger partial charge in [0.25, 0.3) is 5.91 Å². The molecular formula is C28H28F2N6O5S. The van der Waals surface area contributed by atoms with Crippen molar-refractivity contribution in [1.29, 1.82) is 0 Å². The number of ether oxygens (including phenoxy) is 2. The van der Waals surface area contributed by atoms with E-state index in [9.17, 15) is 22.0 Å². The maximum atomic E-state index is 14.9. The lowest BCUT2D eigenvalue weighted by atomic mass is 10.0. The van der Waals surface area contributed by atoms with Gasteiger partial charge in [-0.3, -0.25) is 9.20 Å². The van der Waals surface area contributed by atoms with Crippen LogP contribution in [0.15, 0.2) is 67.1 Å². The van der Waals surface area contributed by atoms with Gasteiger partial charge >= 0.3 is 10.2 Å². The smallest absolute Gasteiger partial charge is 0.327 e. The molecule has 0 saturated carbocycles. The second-order valence-electron chi connectivity index (χ2n) is 10.1. The maximum absolute atomic E-state index is 14.9. The molecule has 0 radical (unpaired) electrons. The van der Waals surface area contributed by atoms with Crippen molar-refractivity contribution in [2.75, 3.05) is 36.0 Å². The highest BCUT2D eigenvalue weighted by molar-refractivity contribution is 7.91. The highest BCUT2D eigenvalue weighted by atomic mass is 32.2. The average Bonchev–Trinajstić information content (AvgIpc) is 3.73. The number of nitrogens with one attached hydrogen (secondary N) is 1. The molecule has 1 unspecified atom stereocenters. The van der Waals surface area contributed by atoms with E-state index in [-0.39, 0.29) is 30.6 Å². The number of fused-ring (bicyclic) bond motifs is 1. The standard InChI is InChI=1S/C28H28F2N6O5S/c1-34(26-4-2-3-10-31-26)42(38,39)33-28(37)24-14-32-27-8-6-20(16-36(24)27)35-15-19(30)13-23(35)22-12-18(29)5-7-25(22)41-21-9-11-40-17-21/h2-8,10,12,14,16,19,21,23H,9,11,13,15,17H2,1H3,(H,33,37)/t19-,21?,23+/m0/s1. The summed E-state index contributed by atoms with van der Waals surface area (Å²) in [6, 6.07) is 11.8. The molecule has 220 valence electrons. The molecule has 14 heteroatoms. The lowest BCUT2D eigenvalue weighted by molar-refractivity contribution is 0.0975. The van der Waals surface area contributed by atoms with Crippen LogP contribution in [0.2, 0.25) is 0 Å². The van der Waals surface area contributed by atoms with Crippen LogP contribution in [0.25, 0.3) is 5.65 Å². The molecule has 5 heterocycles. The number of carbonyl (C=O) groups excluding carboxylic acids is 1. The summed E-state index contributed by atoms with van der Waals surface area (Å²) < 4.78 is 71.0. The number of halogens is 2. The zero-order valence-corrected chi connectivity index (χ0v) is 23.4. The summed E-state index contributed by atoms with van der Waals surface area (Å²) in [6.07, 6.45) is 3.70. The van der Waals surface area contributed by atoms with Gasteiger partial charge in [-0.1, -0.05) is 6.07 Å². The van der Waals surface area contributed by atoms with Gasteiger partial charge in [-0.05, 0) is 42.5 Å². The summed E-state index contributed by atoms with van der Waals surface area (Å²) in [5.41, 5.74) is 1.37. The van der Waals surface area contributed by atoms with Gasteiger partial charge in [0.15, 0.2) is 0 Å². The Balaban J connectivity index is 1.30. The lowest BCUT2D eigenvalue weighted by Gasteiger charge is -2.29. The van der Waals surface area contributed by atoms with Crippen molar-refractivity contribution in [3.63, 3.8) is 0 Å². The Labute approximate surface area is 240 Å². The molecule has 6 rings (SSSR count). The molecule has 0 bridgehead atoms. The Morgan fingerprint density at radius 3 is 2.81 bits per heavy atom. The number of carbonyl (C=O) groups is 1. The summed E-state index contributed by atoms with van der Waals surface area (Å²) in [4.78, 5) is 23.2. The van der Waals surface area contributed by atoms with Crippen LogP contribution in [-0.2, 0) is 14.9 Å². The molecule has 2 aliphatic heterocycles. The van der Waals surface area contributed by atoms with E-state index in [0.717, 1.165) is 4.31 Å². The fourth-order valence-corrected chi connectivity index (χ4v) is 6.08. The van der Waals surface area contributed by atoms with E-state index in [1.165, 1.54) is 42.0 Å². The molecule has 0 spiro atoms. The fourth-order valence-electron chi connectivity index (χ4n) is 5.25. The lowest BCUT2D eigenvalue weighted by Crippen LogP contribution is -2.42. The van der Waals surface area contributed by atoms with Crippen LogP contribution < -0.4 is 18.7 Å². The zero-order chi connectivity index (χ0) is 29.4. The number of pyridine rings is 2. The van der Waals surface area contributed by atoms with Crippen molar-refractivity contribution >= 4 is 33.3 Å².